The van der Waals surface area contributed by atoms with Gasteiger partial charge in [0.2, 0.25) is 0 Å². The maximum atomic E-state index is 12.4. The standard InChI is InChI=1S/C14H19N5O/c1-10(2)19-12(3-5-16-19)14(20)17-11-4-7-18-8-6-15-13(18)9-11/h3,5-6,8,10-11H,4,7,9H2,1-2H3,(H,17,20). The van der Waals surface area contributed by atoms with Crippen LogP contribution in [0.25, 0.3) is 0 Å². The zero-order chi connectivity index (χ0) is 14.1. The Bertz CT molecular complexity index is 613. The van der Waals surface area contributed by atoms with Gasteiger partial charge in [0.05, 0.1) is 0 Å². The monoisotopic (exact) mass is 273 g/mol. The molecule has 6 nitrogen and oxygen atoms in total. The van der Waals surface area contributed by atoms with Crippen LogP contribution in [0.1, 0.15) is 42.6 Å². The predicted octanol–water partition coefficient (Wildman–Crippen LogP) is 1.41. The Morgan fingerprint density at radius 1 is 1.45 bits per heavy atom. The van der Waals surface area contributed by atoms with E-state index in [4.69, 9.17) is 0 Å². The van der Waals surface area contributed by atoms with Crippen LogP contribution in [0.2, 0.25) is 0 Å². The topological polar surface area (TPSA) is 64.7 Å². The average Bonchev–Trinajstić information content (AvgIpc) is 3.06. The second-order valence-corrected chi connectivity index (χ2v) is 5.45. The molecule has 0 aromatic carbocycles. The van der Waals surface area contributed by atoms with Crippen LogP contribution in [-0.2, 0) is 13.0 Å². The molecule has 0 radical (unpaired) electrons. The molecule has 1 amide bonds. The van der Waals surface area contributed by atoms with Crippen LogP contribution in [0.4, 0.5) is 0 Å². The van der Waals surface area contributed by atoms with Crippen LogP contribution in [0.15, 0.2) is 24.7 Å². The van der Waals surface area contributed by atoms with E-state index in [9.17, 15) is 4.79 Å². The van der Waals surface area contributed by atoms with Gasteiger partial charge in [0.25, 0.3) is 5.91 Å². The summed E-state index contributed by atoms with van der Waals surface area (Å²) in [6.45, 7) is 4.94. The number of aryl methyl sites for hydroxylation is 1. The minimum absolute atomic E-state index is 0.0544. The quantitative estimate of drug-likeness (QED) is 0.919. The van der Waals surface area contributed by atoms with Crippen molar-refractivity contribution >= 4 is 5.91 Å². The number of carbonyl (C=O) groups excluding carboxylic acids is 1. The molecule has 0 saturated carbocycles. The average molecular weight is 273 g/mol. The van der Waals surface area contributed by atoms with Crippen molar-refractivity contribution in [3.05, 3.63) is 36.2 Å². The van der Waals surface area contributed by atoms with E-state index >= 15 is 0 Å². The predicted molar refractivity (Wildman–Crippen MR) is 74.4 cm³/mol. The molecule has 1 N–H and O–H groups in total. The molecule has 1 atom stereocenters. The van der Waals surface area contributed by atoms with E-state index in [1.54, 1.807) is 16.9 Å². The SMILES string of the molecule is CC(C)n1nccc1C(=O)NC1CCn2ccnc2C1. The van der Waals surface area contributed by atoms with E-state index in [1.165, 1.54) is 0 Å². The molecular weight excluding hydrogens is 254 g/mol. The normalized spacial score (nSPS) is 18.1. The molecule has 1 unspecified atom stereocenters. The Hall–Kier alpha value is -2.11. The highest BCUT2D eigenvalue weighted by Gasteiger charge is 2.22. The lowest BCUT2D eigenvalue weighted by atomic mass is 10.1. The molecule has 0 aliphatic carbocycles. The first-order valence-electron chi connectivity index (χ1n) is 6.99. The van der Waals surface area contributed by atoms with Crippen LogP contribution in [0.3, 0.4) is 0 Å². The van der Waals surface area contributed by atoms with Gasteiger partial charge in [-0.2, -0.15) is 5.10 Å². The molecular formula is C14H19N5O. The number of hydrogen-bond donors (Lipinski definition) is 1. The molecule has 1 aliphatic rings. The van der Waals surface area contributed by atoms with Gasteiger partial charge in [-0.15, -0.1) is 0 Å². The van der Waals surface area contributed by atoms with Crippen molar-refractivity contribution < 1.29 is 4.79 Å². The summed E-state index contributed by atoms with van der Waals surface area (Å²) in [6.07, 6.45) is 7.19. The Labute approximate surface area is 117 Å². The summed E-state index contributed by atoms with van der Waals surface area (Å²) in [7, 11) is 0. The Morgan fingerprint density at radius 2 is 2.30 bits per heavy atom. The van der Waals surface area contributed by atoms with E-state index in [0.717, 1.165) is 25.2 Å². The number of imidazole rings is 1. The fraction of sp³-hybridized carbons (Fsp3) is 0.500. The maximum Gasteiger partial charge on any atom is 0.269 e. The molecule has 3 heterocycles. The van der Waals surface area contributed by atoms with Gasteiger partial charge in [0.1, 0.15) is 11.5 Å². The molecule has 2 aromatic heterocycles. The molecule has 0 bridgehead atoms. The van der Waals surface area contributed by atoms with Crippen LogP contribution >= 0.6 is 0 Å². The minimum atomic E-state index is -0.0544. The van der Waals surface area contributed by atoms with E-state index < -0.39 is 0 Å². The number of nitrogens with zero attached hydrogens (tertiary/aromatic N) is 4. The molecule has 20 heavy (non-hydrogen) atoms. The van der Waals surface area contributed by atoms with Crippen LogP contribution < -0.4 is 5.32 Å². The molecule has 0 saturated heterocycles. The fourth-order valence-electron chi connectivity index (χ4n) is 2.64. The zero-order valence-corrected chi connectivity index (χ0v) is 11.8. The molecule has 0 spiro atoms. The van der Waals surface area contributed by atoms with Gasteiger partial charge in [0.15, 0.2) is 0 Å². The smallest absolute Gasteiger partial charge is 0.269 e. The maximum absolute atomic E-state index is 12.4. The molecule has 0 fully saturated rings. The van der Waals surface area contributed by atoms with Crippen molar-refractivity contribution in [3.8, 4) is 0 Å². The third kappa shape index (κ3) is 2.33. The first-order chi connectivity index (χ1) is 9.65. The number of fused-ring (bicyclic) bond motifs is 1. The highest BCUT2D eigenvalue weighted by molar-refractivity contribution is 5.92. The highest BCUT2D eigenvalue weighted by Crippen LogP contribution is 2.14. The van der Waals surface area contributed by atoms with Crippen molar-refractivity contribution in [2.24, 2.45) is 0 Å². The first-order valence-corrected chi connectivity index (χ1v) is 6.99. The zero-order valence-electron chi connectivity index (χ0n) is 11.8. The van der Waals surface area contributed by atoms with E-state index in [1.807, 2.05) is 26.2 Å². The number of amides is 1. The minimum Gasteiger partial charge on any atom is -0.347 e. The Kier molecular flexibility index (Phi) is 3.30. The first kappa shape index (κ1) is 12.9. The van der Waals surface area contributed by atoms with Crippen molar-refractivity contribution in [3.63, 3.8) is 0 Å². The third-order valence-corrected chi connectivity index (χ3v) is 3.68. The second-order valence-electron chi connectivity index (χ2n) is 5.45. The summed E-state index contributed by atoms with van der Waals surface area (Å²) in [5, 5.41) is 7.29. The molecule has 3 rings (SSSR count). The molecule has 2 aromatic rings. The van der Waals surface area contributed by atoms with E-state index in [2.05, 4.69) is 20.0 Å². The van der Waals surface area contributed by atoms with Crippen molar-refractivity contribution in [1.29, 1.82) is 0 Å². The summed E-state index contributed by atoms with van der Waals surface area (Å²) < 4.78 is 3.89. The van der Waals surface area contributed by atoms with Gasteiger partial charge < -0.3 is 9.88 Å². The Balaban J connectivity index is 1.69. The Morgan fingerprint density at radius 3 is 3.10 bits per heavy atom. The molecule has 6 heteroatoms. The number of nitrogens with one attached hydrogen (secondary N) is 1. The summed E-state index contributed by atoms with van der Waals surface area (Å²) in [5.41, 5.74) is 0.619. The van der Waals surface area contributed by atoms with Gasteiger partial charge in [-0.1, -0.05) is 0 Å². The summed E-state index contributed by atoms with van der Waals surface area (Å²) in [5.74, 6) is 0.986. The van der Waals surface area contributed by atoms with Gasteiger partial charge >= 0.3 is 0 Å². The van der Waals surface area contributed by atoms with Crippen LogP contribution in [-0.4, -0.2) is 31.3 Å². The second kappa shape index (κ2) is 5.11. The van der Waals surface area contributed by atoms with E-state index in [0.29, 0.717) is 5.69 Å². The summed E-state index contributed by atoms with van der Waals surface area (Å²) in [6, 6.07) is 2.09. The lowest BCUT2D eigenvalue weighted by Gasteiger charge is -2.24. The molecule has 106 valence electrons. The fourth-order valence-corrected chi connectivity index (χ4v) is 2.64. The van der Waals surface area contributed by atoms with Gasteiger partial charge in [-0.25, -0.2) is 4.98 Å². The number of rotatable bonds is 3. The largest absolute Gasteiger partial charge is 0.347 e. The number of carbonyl (C=O) groups is 1. The number of hydrogen-bond acceptors (Lipinski definition) is 3. The molecule has 1 aliphatic heterocycles. The van der Waals surface area contributed by atoms with E-state index in [-0.39, 0.29) is 18.0 Å². The van der Waals surface area contributed by atoms with Crippen molar-refractivity contribution in [2.75, 3.05) is 0 Å². The van der Waals surface area contributed by atoms with Crippen LogP contribution in [0, 0.1) is 0 Å². The lowest BCUT2D eigenvalue weighted by Crippen LogP contribution is -2.41. The van der Waals surface area contributed by atoms with Crippen LogP contribution in [0.5, 0.6) is 0 Å². The van der Waals surface area contributed by atoms with Gasteiger partial charge in [0, 0.05) is 43.6 Å². The van der Waals surface area contributed by atoms with Gasteiger partial charge in [-0.05, 0) is 26.3 Å². The number of aromatic nitrogens is 4. The van der Waals surface area contributed by atoms with Crippen molar-refractivity contribution in [1.82, 2.24) is 24.6 Å². The highest BCUT2D eigenvalue weighted by atomic mass is 16.2. The lowest BCUT2D eigenvalue weighted by molar-refractivity contribution is 0.0917. The van der Waals surface area contributed by atoms with Crippen molar-refractivity contribution in [2.45, 2.75) is 45.3 Å². The third-order valence-electron chi connectivity index (χ3n) is 3.68. The summed E-state index contributed by atoms with van der Waals surface area (Å²) in [4.78, 5) is 16.7. The summed E-state index contributed by atoms with van der Waals surface area (Å²) >= 11 is 0. The van der Waals surface area contributed by atoms with Gasteiger partial charge in [-0.3, -0.25) is 9.48 Å².